The van der Waals surface area contributed by atoms with Gasteiger partial charge in [0.1, 0.15) is 0 Å². The zero-order valence-electron chi connectivity index (χ0n) is 10.1. The molecule has 16 heavy (non-hydrogen) atoms. The smallest absolute Gasteiger partial charge is 0.241 e. The van der Waals surface area contributed by atoms with E-state index in [9.17, 15) is 9.59 Å². The van der Waals surface area contributed by atoms with Crippen molar-refractivity contribution in [1.29, 1.82) is 0 Å². The zero-order valence-corrected chi connectivity index (χ0v) is 10.1. The van der Waals surface area contributed by atoms with Crippen LogP contribution < -0.4 is 10.6 Å². The van der Waals surface area contributed by atoms with Crippen LogP contribution in [0.3, 0.4) is 0 Å². The fraction of sp³-hybridized carbons (Fsp3) is 0.818. The first-order chi connectivity index (χ1) is 7.63. The highest BCUT2D eigenvalue weighted by atomic mass is 16.2. The van der Waals surface area contributed by atoms with Crippen molar-refractivity contribution in [2.75, 3.05) is 26.7 Å². The Morgan fingerprint density at radius 3 is 2.62 bits per heavy atom. The van der Waals surface area contributed by atoms with Gasteiger partial charge in [-0.25, -0.2) is 0 Å². The van der Waals surface area contributed by atoms with Gasteiger partial charge in [0.2, 0.25) is 11.8 Å². The molecular formula is C11H21N3O2. The summed E-state index contributed by atoms with van der Waals surface area (Å²) in [5, 5.41) is 5.87. The molecule has 0 aliphatic heterocycles. The van der Waals surface area contributed by atoms with Crippen molar-refractivity contribution >= 4 is 11.8 Å². The molecule has 2 amide bonds. The predicted octanol–water partition coefficient (Wildman–Crippen LogP) is -0.277. The van der Waals surface area contributed by atoms with Crippen molar-refractivity contribution in [2.24, 2.45) is 0 Å². The van der Waals surface area contributed by atoms with Crippen LogP contribution in [0.2, 0.25) is 0 Å². The van der Waals surface area contributed by atoms with Gasteiger partial charge in [0.15, 0.2) is 0 Å². The fourth-order valence-corrected chi connectivity index (χ4v) is 1.25. The molecule has 0 aromatic carbocycles. The highest BCUT2D eigenvalue weighted by Gasteiger charge is 2.20. The number of nitrogens with zero attached hydrogens (tertiary/aromatic N) is 1. The second-order valence-corrected chi connectivity index (χ2v) is 4.16. The van der Waals surface area contributed by atoms with E-state index in [1.54, 1.807) is 11.9 Å². The molecule has 1 saturated carbocycles. The van der Waals surface area contributed by atoms with Gasteiger partial charge in [0.05, 0.1) is 6.54 Å². The maximum Gasteiger partial charge on any atom is 0.241 e. The van der Waals surface area contributed by atoms with Gasteiger partial charge in [0, 0.05) is 32.6 Å². The number of rotatable bonds is 7. The standard InChI is InChI=1S/C11H21N3O2/c1-3-14(2)11(16)8-13-10(15)6-7-12-9-4-5-9/h9,12H,3-8H2,1-2H3,(H,13,15). The third-order valence-electron chi connectivity index (χ3n) is 2.70. The average Bonchev–Trinajstić information content (AvgIpc) is 3.08. The van der Waals surface area contributed by atoms with E-state index >= 15 is 0 Å². The van der Waals surface area contributed by atoms with Crippen LogP contribution in [-0.2, 0) is 9.59 Å². The molecule has 92 valence electrons. The molecule has 0 aromatic heterocycles. The fourth-order valence-electron chi connectivity index (χ4n) is 1.25. The second-order valence-electron chi connectivity index (χ2n) is 4.16. The van der Waals surface area contributed by atoms with Gasteiger partial charge in [-0.2, -0.15) is 0 Å². The summed E-state index contributed by atoms with van der Waals surface area (Å²) in [7, 11) is 1.73. The van der Waals surface area contributed by atoms with Crippen molar-refractivity contribution in [3.8, 4) is 0 Å². The average molecular weight is 227 g/mol. The number of carbonyl (C=O) groups is 2. The van der Waals surface area contributed by atoms with Crippen molar-refractivity contribution in [2.45, 2.75) is 32.2 Å². The summed E-state index contributed by atoms with van der Waals surface area (Å²) in [4.78, 5) is 24.3. The Morgan fingerprint density at radius 2 is 2.06 bits per heavy atom. The Morgan fingerprint density at radius 1 is 1.38 bits per heavy atom. The van der Waals surface area contributed by atoms with Crippen LogP contribution in [0.1, 0.15) is 26.2 Å². The molecule has 0 atom stereocenters. The first kappa shape index (κ1) is 13.0. The summed E-state index contributed by atoms with van der Waals surface area (Å²) < 4.78 is 0. The minimum absolute atomic E-state index is 0.0500. The number of amides is 2. The second kappa shape index (κ2) is 6.48. The third kappa shape index (κ3) is 5.11. The minimum Gasteiger partial charge on any atom is -0.347 e. The van der Waals surface area contributed by atoms with Crippen molar-refractivity contribution < 1.29 is 9.59 Å². The zero-order chi connectivity index (χ0) is 12.0. The van der Waals surface area contributed by atoms with E-state index in [1.807, 2.05) is 6.92 Å². The van der Waals surface area contributed by atoms with Crippen LogP contribution in [0.15, 0.2) is 0 Å². The molecule has 1 aliphatic carbocycles. The molecule has 1 aliphatic rings. The van der Waals surface area contributed by atoms with Crippen molar-refractivity contribution in [3.05, 3.63) is 0 Å². The van der Waals surface area contributed by atoms with Crippen LogP contribution in [0, 0.1) is 0 Å². The lowest BCUT2D eigenvalue weighted by Gasteiger charge is -2.14. The Labute approximate surface area is 96.6 Å². The molecule has 1 fully saturated rings. The van der Waals surface area contributed by atoms with E-state index < -0.39 is 0 Å². The molecule has 0 saturated heterocycles. The lowest BCUT2D eigenvalue weighted by atomic mass is 10.4. The van der Waals surface area contributed by atoms with E-state index in [1.165, 1.54) is 12.8 Å². The van der Waals surface area contributed by atoms with E-state index in [-0.39, 0.29) is 18.4 Å². The first-order valence-electron chi connectivity index (χ1n) is 5.87. The van der Waals surface area contributed by atoms with Gasteiger partial charge < -0.3 is 15.5 Å². The maximum atomic E-state index is 11.4. The molecule has 0 bridgehead atoms. The first-order valence-corrected chi connectivity index (χ1v) is 5.87. The predicted molar refractivity (Wildman–Crippen MR) is 62.0 cm³/mol. The molecular weight excluding hydrogens is 206 g/mol. The normalized spacial score (nSPS) is 14.6. The monoisotopic (exact) mass is 227 g/mol. The molecule has 0 spiro atoms. The van der Waals surface area contributed by atoms with E-state index in [0.717, 1.165) is 0 Å². The Hall–Kier alpha value is -1.10. The highest BCUT2D eigenvalue weighted by molar-refractivity contribution is 5.84. The number of hydrogen-bond donors (Lipinski definition) is 2. The Balaban J connectivity index is 2.02. The van der Waals surface area contributed by atoms with Crippen molar-refractivity contribution in [1.82, 2.24) is 15.5 Å². The quantitative estimate of drug-likeness (QED) is 0.629. The summed E-state index contributed by atoms with van der Waals surface area (Å²) in [6, 6.07) is 0.626. The van der Waals surface area contributed by atoms with Gasteiger partial charge in [-0.3, -0.25) is 9.59 Å². The van der Waals surface area contributed by atoms with Gasteiger partial charge in [0.25, 0.3) is 0 Å². The summed E-state index contributed by atoms with van der Waals surface area (Å²) in [5.41, 5.74) is 0. The van der Waals surface area contributed by atoms with E-state index in [4.69, 9.17) is 0 Å². The van der Waals surface area contributed by atoms with E-state index in [2.05, 4.69) is 10.6 Å². The maximum absolute atomic E-state index is 11.4. The Kier molecular flexibility index (Phi) is 5.25. The van der Waals surface area contributed by atoms with Gasteiger partial charge in [-0.05, 0) is 19.8 Å². The molecule has 1 rings (SSSR count). The van der Waals surface area contributed by atoms with Crippen LogP contribution in [0.5, 0.6) is 0 Å². The molecule has 5 nitrogen and oxygen atoms in total. The molecule has 5 heteroatoms. The van der Waals surface area contributed by atoms with Crippen LogP contribution in [0.25, 0.3) is 0 Å². The number of carbonyl (C=O) groups excluding carboxylic acids is 2. The summed E-state index contributed by atoms with van der Waals surface area (Å²) >= 11 is 0. The van der Waals surface area contributed by atoms with Gasteiger partial charge in [-0.1, -0.05) is 0 Å². The van der Waals surface area contributed by atoms with Crippen LogP contribution in [0.4, 0.5) is 0 Å². The SMILES string of the molecule is CCN(C)C(=O)CNC(=O)CCNC1CC1. The number of hydrogen-bond acceptors (Lipinski definition) is 3. The summed E-state index contributed by atoms with van der Waals surface area (Å²) in [6.45, 7) is 3.37. The van der Waals surface area contributed by atoms with Crippen LogP contribution >= 0.6 is 0 Å². The third-order valence-corrected chi connectivity index (χ3v) is 2.70. The molecule has 0 heterocycles. The Bertz CT molecular complexity index is 252. The number of likely N-dealkylation sites (N-methyl/N-ethyl adjacent to an activating group) is 1. The van der Waals surface area contributed by atoms with Crippen LogP contribution in [-0.4, -0.2) is 49.4 Å². The summed E-state index contributed by atoms with van der Waals surface area (Å²) in [5.74, 6) is -0.114. The topological polar surface area (TPSA) is 61.4 Å². The lowest BCUT2D eigenvalue weighted by Crippen LogP contribution is -2.38. The molecule has 0 radical (unpaired) electrons. The lowest BCUT2D eigenvalue weighted by molar-refractivity contribution is -0.131. The molecule has 0 unspecified atom stereocenters. The van der Waals surface area contributed by atoms with Gasteiger partial charge in [-0.15, -0.1) is 0 Å². The molecule has 2 N–H and O–H groups in total. The van der Waals surface area contributed by atoms with Gasteiger partial charge >= 0.3 is 0 Å². The minimum atomic E-state index is -0.0639. The highest BCUT2D eigenvalue weighted by Crippen LogP contribution is 2.18. The largest absolute Gasteiger partial charge is 0.347 e. The van der Waals surface area contributed by atoms with Crippen molar-refractivity contribution in [3.63, 3.8) is 0 Å². The molecule has 0 aromatic rings. The summed E-state index contributed by atoms with van der Waals surface area (Å²) in [6.07, 6.45) is 2.89. The number of nitrogens with one attached hydrogen (secondary N) is 2. The van der Waals surface area contributed by atoms with E-state index in [0.29, 0.717) is 25.6 Å².